The Morgan fingerprint density at radius 2 is 2.14 bits per heavy atom. The summed E-state index contributed by atoms with van der Waals surface area (Å²) in [7, 11) is -1.13. The molecule has 0 spiro atoms. The monoisotopic (exact) mass is 395 g/mol. The molecule has 2 N–H and O–H groups in total. The number of halogens is 2. The predicted molar refractivity (Wildman–Crippen MR) is 93.5 cm³/mol. The number of anilines is 1. The Kier molecular flexibility index (Phi) is 3.88. The molecule has 1 fully saturated rings. The molecule has 0 saturated carbocycles. The summed E-state index contributed by atoms with van der Waals surface area (Å²) in [4.78, 5) is 7.77. The van der Waals surface area contributed by atoms with E-state index in [1.165, 1.54) is 0 Å². The molecule has 10 heteroatoms. The van der Waals surface area contributed by atoms with Gasteiger partial charge < -0.3 is 19.6 Å². The van der Waals surface area contributed by atoms with Crippen molar-refractivity contribution in [1.29, 1.82) is 0 Å². The third-order valence-corrected chi connectivity index (χ3v) is 5.39. The molecule has 0 radical (unpaired) electrons. The minimum absolute atomic E-state index is 0.475. The van der Waals surface area contributed by atoms with Gasteiger partial charge >= 0.3 is 14.5 Å². The van der Waals surface area contributed by atoms with Crippen LogP contribution in [-0.2, 0) is 9.14 Å². The van der Waals surface area contributed by atoms with Gasteiger partial charge in [0.25, 0.3) is 0 Å². The number of hydrogen-bond acceptors (Lipinski definition) is 6. The number of rotatable bonds is 2. The molecule has 2 aliphatic rings. The molecule has 1 aromatic heterocycles. The van der Waals surface area contributed by atoms with Crippen LogP contribution in [0.2, 0.25) is 5.02 Å². The number of aromatic nitrogens is 1. The van der Waals surface area contributed by atoms with E-state index < -0.39 is 14.5 Å². The Morgan fingerprint density at radius 3 is 2.86 bits per heavy atom. The second-order valence-electron chi connectivity index (χ2n) is 4.81. The van der Waals surface area contributed by atoms with Crippen LogP contribution in [0.5, 0.6) is 0 Å². The fourth-order valence-electron chi connectivity index (χ4n) is 2.36. The SMILES string of the molecule is NB1OB(N2CSc3cc(Br)c(-c4ccccc4Cl)nc32)O1. The fraction of sp³-hybridized carbons (Fsp3) is 0.0833. The normalized spacial score (nSPS) is 16.8. The van der Waals surface area contributed by atoms with Crippen molar-refractivity contribution in [1.82, 2.24) is 4.98 Å². The van der Waals surface area contributed by atoms with E-state index in [-0.39, 0.29) is 0 Å². The van der Waals surface area contributed by atoms with Crippen molar-refractivity contribution < 1.29 is 9.14 Å². The highest BCUT2D eigenvalue weighted by Crippen LogP contribution is 2.43. The first-order valence-corrected chi connectivity index (χ1v) is 8.70. The van der Waals surface area contributed by atoms with Crippen LogP contribution in [0.25, 0.3) is 11.3 Å². The van der Waals surface area contributed by atoms with E-state index in [4.69, 9.17) is 31.4 Å². The third kappa shape index (κ3) is 2.46. The van der Waals surface area contributed by atoms with E-state index in [0.29, 0.717) is 10.9 Å². The minimum atomic E-state index is -0.655. The average molecular weight is 396 g/mol. The first-order valence-electron chi connectivity index (χ1n) is 6.55. The third-order valence-electron chi connectivity index (χ3n) is 3.44. The molecule has 22 heavy (non-hydrogen) atoms. The van der Waals surface area contributed by atoms with Gasteiger partial charge in [0.2, 0.25) is 0 Å². The van der Waals surface area contributed by atoms with Gasteiger partial charge in [-0.3, -0.25) is 0 Å². The Balaban J connectivity index is 1.76. The van der Waals surface area contributed by atoms with Gasteiger partial charge in [0.15, 0.2) is 0 Å². The van der Waals surface area contributed by atoms with Crippen LogP contribution in [0.4, 0.5) is 5.82 Å². The highest BCUT2D eigenvalue weighted by molar-refractivity contribution is 9.10. The lowest BCUT2D eigenvalue weighted by Gasteiger charge is -2.33. The Labute approximate surface area is 146 Å². The van der Waals surface area contributed by atoms with Crippen LogP contribution < -0.4 is 10.5 Å². The first-order chi connectivity index (χ1) is 10.6. The van der Waals surface area contributed by atoms with Gasteiger partial charge in [0, 0.05) is 15.1 Å². The number of nitrogens with two attached hydrogens (primary N) is 1. The largest absolute Gasteiger partial charge is 0.569 e. The number of thioether (sulfide) groups is 1. The number of pyridine rings is 1. The Morgan fingerprint density at radius 1 is 1.36 bits per heavy atom. The molecular formula is C12H9B2BrClN3O2S. The number of benzene rings is 1. The molecule has 5 nitrogen and oxygen atoms in total. The Hall–Kier alpha value is -0.700. The molecule has 0 atom stereocenters. The van der Waals surface area contributed by atoms with Gasteiger partial charge in [0.1, 0.15) is 5.82 Å². The molecule has 3 heterocycles. The maximum absolute atomic E-state index is 6.29. The van der Waals surface area contributed by atoms with Crippen LogP contribution in [0.15, 0.2) is 39.7 Å². The van der Waals surface area contributed by atoms with Gasteiger partial charge in [-0.15, -0.1) is 11.8 Å². The molecule has 0 bridgehead atoms. The summed E-state index contributed by atoms with van der Waals surface area (Å²) in [6, 6.07) is 9.67. The maximum Gasteiger partial charge on any atom is 0.569 e. The van der Waals surface area contributed by atoms with Crippen molar-refractivity contribution in [3.05, 3.63) is 39.8 Å². The topological polar surface area (TPSA) is 60.6 Å². The standard InChI is InChI=1S/C12H9B2BrClN3O2S/c15-8-5-10-12(19(6-22-10)14-20-13(17)21-14)18-11(8)7-3-1-2-4-9(7)16/h1-5H,6,17H2. The van der Waals surface area contributed by atoms with E-state index in [0.717, 1.165) is 26.4 Å². The molecule has 4 rings (SSSR count). The molecule has 110 valence electrons. The van der Waals surface area contributed by atoms with Crippen molar-refractivity contribution in [3.8, 4) is 11.3 Å². The van der Waals surface area contributed by atoms with Gasteiger partial charge in [0.05, 0.1) is 16.5 Å². The van der Waals surface area contributed by atoms with Gasteiger partial charge in [-0.25, -0.2) is 4.98 Å². The van der Waals surface area contributed by atoms with Crippen molar-refractivity contribution >= 4 is 59.6 Å². The van der Waals surface area contributed by atoms with Crippen LogP contribution in [-0.4, -0.2) is 25.4 Å². The molecule has 2 aromatic rings. The molecule has 2 aliphatic heterocycles. The highest BCUT2D eigenvalue weighted by atomic mass is 79.9. The quantitative estimate of drug-likeness (QED) is 0.788. The van der Waals surface area contributed by atoms with Crippen LogP contribution in [0, 0.1) is 0 Å². The molecule has 1 saturated heterocycles. The lowest BCUT2D eigenvalue weighted by molar-refractivity contribution is 0.278. The number of nitrogens with zero attached hydrogens (tertiary/aromatic N) is 2. The molecular weight excluding hydrogens is 387 g/mol. The molecule has 0 unspecified atom stereocenters. The van der Waals surface area contributed by atoms with Gasteiger partial charge in [-0.05, 0) is 28.1 Å². The zero-order valence-corrected chi connectivity index (χ0v) is 14.4. The second kappa shape index (κ2) is 5.74. The minimum Gasteiger partial charge on any atom is -0.418 e. The van der Waals surface area contributed by atoms with E-state index in [1.807, 2.05) is 35.1 Å². The van der Waals surface area contributed by atoms with E-state index >= 15 is 0 Å². The molecule has 0 amide bonds. The summed E-state index contributed by atoms with van der Waals surface area (Å²) in [5.74, 6) is 1.53. The maximum atomic E-state index is 6.29. The number of hydrogen-bond donors (Lipinski definition) is 1. The van der Waals surface area contributed by atoms with Crippen molar-refractivity contribution in [2.45, 2.75) is 4.90 Å². The number of fused-ring (bicyclic) bond motifs is 1. The first kappa shape index (κ1) is 14.9. The lowest BCUT2D eigenvalue weighted by Crippen LogP contribution is -2.63. The average Bonchev–Trinajstić information content (AvgIpc) is 2.86. The smallest absolute Gasteiger partial charge is 0.418 e. The highest BCUT2D eigenvalue weighted by Gasteiger charge is 2.47. The fourth-order valence-corrected chi connectivity index (χ4v) is 4.29. The Bertz CT molecular complexity index is 750. The lowest BCUT2D eigenvalue weighted by atomic mass is 9.87. The zero-order chi connectivity index (χ0) is 15.3. The zero-order valence-electron chi connectivity index (χ0n) is 11.2. The van der Waals surface area contributed by atoms with Crippen molar-refractivity contribution in [3.63, 3.8) is 0 Å². The summed E-state index contributed by atoms with van der Waals surface area (Å²) in [5.41, 5.74) is 7.17. The van der Waals surface area contributed by atoms with Crippen LogP contribution in [0.3, 0.4) is 0 Å². The van der Waals surface area contributed by atoms with Crippen molar-refractivity contribution in [2.24, 2.45) is 5.64 Å². The van der Waals surface area contributed by atoms with Gasteiger partial charge in [-0.2, -0.15) is 0 Å². The molecule has 0 aliphatic carbocycles. The van der Waals surface area contributed by atoms with E-state index in [2.05, 4.69) is 15.9 Å². The van der Waals surface area contributed by atoms with Gasteiger partial charge in [-0.1, -0.05) is 29.8 Å². The van der Waals surface area contributed by atoms with Crippen molar-refractivity contribution in [2.75, 3.05) is 10.7 Å². The van der Waals surface area contributed by atoms with E-state index in [1.54, 1.807) is 11.8 Å². The summed E-state index contributed by atoms with van der Waals surface area (Å²) in [6.07, 6.45) is 0. The summed E-state index contributed by atoms with van der Waals surface area (Å²) >= 11 is 11.6. The summed E-state index contributed by atoms with van der Waals surface area (Å²) in [6.45, 7) is 0. The van der Waals surface area contributed by atoms with Crippen LogP contribution >= 0.6 is 39.3 Å². The van der Waals surface area contributed by atoms with Crippen LogP contribution in [0.1, 0.15) is 0 Å². The predicted octanol–water partition coefficient (Wildman–Crippen LogP) is 3.01. The van der Waals surface area contributed by atoms with E-state index in [9.17, 15) is 0 Å². The second-order valence-corrected chi connectivity index (χ2v) is 7.06. The summed E-state index contributed by atoms with van der Waals surface area (Å²) < 4.78 is 11.6. The molecule has 1 aromatic carbocycles. The summed E-state index contributed by atoms with van der Waals surface area (Å²) in [5, 5.41) is 0.658.